The molecule has 1 saturated heterocycles. The Labute approximate surface area is 538 Å². The molecule has 0 spiro atoms. The Balaban J connectivity index is 1.38. The van der Waals surface area contributed by atoms with E-state index < -0.39 is 96.2 Å². The standard InChI is InChI=1S/C67H103N11O13/c1-15-43(8)58(53(88-12)37-54(79)78-34-22-28-52(78)59(89-13)44(9)60(80)74-51(65(85)90-14)36-45-23-17-16-18-24-45)77(11)64(84)56(41(4)5)75-63(83)57(42(6)7)76(10)38-47-25-21-26-49(35-47)72-67(87)91-39-46-29-31-48(32-30-46)71-61(81)50(27-19-20-33-70-66(69)86)73-62(82)55(68)40(2)3/h16-18,21,23-26,29-32,35,40-44,50-53,55-59H,15,19-20,22,27-28,33-34,36-39,68H2,1-14H3,(H,71,81)(H,72,87)(H,73,82)(H,74,80)(H,75,83)(H3,69,70,86)/t43-,44+,50-,51-,52-,53+,55-,56-,57-,58-,59+/m0/s1. The number of amides is 9. The highest BCUT2D eigenvalue weighted by Crippen LogP contribution is 2.30. The monoisotopic (exact) mass is 1270 g/mol. The molecular weight excluding hydrogens is 1170 g/mol. The second-order valence-electron chi connectivity index (χ2n) is 24.9. The first kappa shape index (κ1) is 75.8. The van der Waals surface area contributed by atoms with E-state index in [-0.39, 0.29) is 67.3 Å². The third-order valence-corrected chi connectivity index (χ3v) is 17.0. The molecule has 4 rings (SSSR count). The highest BCUT2D eigenvalue weighted by molar-refractivity contribution is 5.98. The first-order chi connectivity index (χ1) is 43.1. The van der Waals surface area contributed by atoms with Gasteiger partial charge in [-0.2, -0.15) is 0 Å². The van der Waals surface area contributed by atoms with Gasteiger partial charge in [0.15, 0.2) is 0 Å². The summed E-state index contributed by atoms with van der Waals surface area (Å²) in [6.07, 6.45) is 1.24. The summed E-state index contributed by atoms with van der Waals surface area (Å²) in [7, 11) is 7.82. The molecule has 3 aromatic carbocycles. The van der Waals surface area contributed by atoms with Crippen LogP contribution in [0.5, 0.6) is 0 Å². The number of rotatable bonds is 36. The smallest absolute Gasteiger partial charge is 0.411 e. The van der Waals surface area contributed by atoms with E-state index in [1.54, 1.807) is 66.2 Å². The summed E-state index contributed by atoms with van der Waals surface area (Å²) in [6.45, 7) is 17.9. The number of nitrogens with two attached hydrogens (primary N) is 2. The number of esters is 1. The van der Waals surface area contributed by atoms with E-state index in [4.69, 9.17) is 30.4 Å². The van der Waals surface area contributed by atoms with Gasteiger partial charge in [-0.25, -0.2) is 14.4 Å². The Morgan fingerprint density at radius 1 is 0.692 bits per heavy atom. The molecule has 0 radical (unpaired) electrons. The van der Waals surface area contributed by atoms with E-state index in [9.17, 15) is 43.2 Å². The Morgan fingerprint density at radius 3 is 1.95 bits per heavy atom. The molecule has 504 valence electrons. The number of nitrogens with one attached hydrogen (secondary N) is 6. The van der Waals surface area contributed by atoms with Crippen molar-refractivity contribution in [1.29, 1.82) is 0 Å². The van der Waals surface area contributed by atoms with Crippen molar-refractivity contribution in [1.82, 2.24) is 36.0 Å². The number of anilines is 2. The minimum atomic E-state index is -0.942. The topological polar surface area (TPSA) is 324 Å². The van der Waals surface area contributed by atoms with Crippen LogP contribution < -0.4 is 43.4 Å². The summed E-state index contributed by atoms with van der Waals surface area (Å²) in [5.74, 6) is -4.37. The molecule has 0 unspecified atom stereocenters. The summed E-state index contributed by atoms with van der Waals surface area (Å²) in [6, 6.07) is 17.2. The van der Waals surface area contributed by atoms with Crippen LogP contribution in [0.2, 0.25) is 0 Å². The number of methoxy groups -OCH3 is 3. The van der Waals surface area contributed by atoms with Crippen LogP contribution >= 0.6 is 0 Å². The number of hydrogen-bond donors (Lipinski definition) is 8. The van der Waals surface area contributed by atoms with Crippen molar-refractivity contribution in [3.63, 3.8) is 0 Å². The SMILES string of the molecule is CC[C@H](C)[C@@H]([C@@H](CC(=O)N1CCC[C@H]1[C@H](OC)[C@@H](C)C(=O)N[C@@H](Cc1ccccc1)C(=O)OC)OC)N(C)C(=O)[C@@H](NC(=O)[C@H](C(C)C)N(C)Cc1cccc(NC(=O)OCc2ccc(NC(=O)[C@H](CCCCNC(N)=O)NC(=O)[C@@H](N)C(C)C)cc2)c1)C(C)C. The van der Waals surface area contributed by atoms with E-state index in [1.165, 1.54) is 21.3 Å². The molecule has 24 heteroatoms. The fourth-order valence-electron chi connectivity index (χ4n) is 11.7. The quantitative estimate of drug-likeness (QED) is 0.0241. The number of ether oxygens (including phenoxy) is 4. The minimum absolute atomic E-state index is 0.0706. The number of likely N-dealkylation sites (tertiary alicyclic amines) is 1. The lowest BCUT2D eigenvalue weighted by Gasteiger charge is -2.41. The van der Waals surface area contributed by atoms with Gasteiger partial charge in [0.2, 0.25) is 35.4 Å². The van der Waals surface area contributed by atoms with Crippen molar-refractivity contribution in [2.75, 3.05) is 59.1 Å². The van der Waals surface area contributed by atoms with Crippen LogP contribution in [0.3, 0.4) is 0 Å². The van der Waals surface area contributed by atoms with Gasteiger partial charge >= 0.3 is 18.1 Å². The van der Waals surface area contributed by atoms with Crippen molar-refractivity contribution in [2.45, 2.75) is 181 Å². The van der Waals surface area contributed by atoms with Gasteiger partial charge in [-0.05, 0) is 104 Å². The molecule has 1 aliphatic rings. The van der Waals surface area contributed by atoms with Crippen molar-refractivity contribution in [3.8, 4) is 0 Å². The van der Waals surface area contributed by atoms with Crippen LogP contribution in [0.1, 0.15) is 124 Å². The zero-order valence-electron chi connectivity index (χ0n) is 55.9. The lowest BCUT2D eigenvalue weighted by Crippen LogP contribution is -2.60. The van der Waals surface area contributed by atoms with Gasteiger partial charge in [0.1, 0.15) is 24.7 Å². The van der Waals surface area contributed by atoms with E-state index >= 15 is 0 Å². The molecular formula is C67H103N11O13. The summed E-state index contributed by atoms with van der Waals surface area (Å²) >= 11 is 0. The summed E-state index contributed by atoms with van der Waals surface area (Å²) in [5.41, 5.74) is 14.4. The van der Waals surface area contributed by atoms with Crippen molar-refractivity contribution in [3.05, 3.63) is 95.6 Å². The van der Waals surface area contributed by atoms with Crippen molar-refractivity contribution in [2.24, 2.45) is 41.1 Å². The molecule has 9 amide bonds. The van der Waals surface area contributed by atoms with Gasteiger partial charge in [0.05, 0.1) is 55.8 Å². The van der Waals surface area contributed by atoms with E-state index in [0.29, 0.717) is 68.7 Å². The fourth-order valence-corrected chi connectivity index (χ4v) is 11.7. The molecule has 0 aromatic heterocycles. The highest BCUT2D eigenvalue weighted by atomic mass is 16.5. The van der Waals surface area contributed by atoms with Gasteiger partial charge in [0, 0.05) is 58.7 Å². The van der Waals surface area contributed by atoms with E-state index in [2.05, 4.69) is 31.9 Å². The van der Waals surface area contributed by atoms with Gasteiger partial charge in [0.25, 0.3) is 0 Å². The molecule has 3 aromatic rings. The Morgan fingerprint density at radius 2 is 1.35 bits per heavy atom. The average molecular weight is 1270 g/mol. The lowest BCUT2D eigenvalue weighted by atomic mass is 9.89. The second kappa shape index (κ2) is 37.6. The third kappa shape index (κ3) is 23.2. The zero-order chi connectivity index (χ0) is 67.6. The van der Waals surface area contributed by atoms with Gasteiger partial charge in [-0.3, -0.25) is 39.0 Å². The first-order valence-electron chi connectivity index (χ1n) is 31.7. The number of benzene rings is 3. The molecule has 0 saturated carbocycles. The molecule has 1 aliphatic heterocycles. The van der Waals surface area contributed by atoms with Crippen LogP contribution in [-0.4, -0.2) is 171 Å². The number of primary amides is 1. The molecule has 91 heavy (non-hydrogen) atoms. The normalized spacial score (nSPS) is 16.5. The average Bonchev–Trinajstić information content (AvgIpc) is 1.83. The molecule has 1 heterocycles. The zero-order valence-corrected chi connectivity index (χ0v) is 55.9. The van der Waals surface area contributed by atoms with Crippen LogP contribution in [-0.2, 0) is 72.1 Å². The number of likely N-dealkylation sites (N-methyl/N-ethyl adjacent to an activating group) is 2. The van der Waals surface area contributed by atoms with Gasteiger partial charge in [-0.1, -0.05) is 123 Å². The number of hydrogen-bond acceptors (Lipinski definition) is 15. The van der Waals surface area contributed by atoms with Gasteiger partial charge in [-0.15, -0.1) is 0 Å². The molecule has 0 aliphatic carbocycles. The molecule has 1 fully saturated rings. The maximum Gasteiger partial charge on any atom is 0.411 e. The van der Waals surface area contributed by atoms with Crippen molar-refractivity contribution < 1.29 is 62.1 Å². The predicted molar refractivity (Wildman–Crippen MR) is 349 cm³/mol. The van der Waals surface area contributed by atoms with Crippen LogP contribution in [0.4, 0.5) is 21.0 Å². The molecule has 0 bridgehead atoms. The molecule has 24 nitrogen and oxygen atoms in total. The number of carbonyl (C=O) groups excluding carboxylic acids is 9. The van der Waals surface area contributed by atoms with Gasteiger partial charge < -0.3 is 66.8 Å². The second-order valence-corrected chi connectivity index (χ2v) is 24.9. The van der Waals surface area contributed by atoms with E-state index in [0.717, 1.165) is 11.1 Å². The Bertz CT molecular complexity index is 2840. The predicted octanol–water partition coefficient (Wildman–Crippen LogP) is 6.10. The maximum absolute atomic E-state index is 14.9. The van der Waals surface area contributed by atoms with Crippen molar-refractivity contribution >= 4 is 64.9 Å². The van der Waals surface area contributed by atoms with Crippen LogP contribution in [0.15, 0.2) is 78.9 Å². The summed E-state index contributed by atoms with van der Waals surface area (Å²) < 4.78 is 22.7. The Hall–Kier alpha value is -7.67. The maximum atomic E-state index is 14.9. The Kier molecular flexibility index (Phi) is 31.3. The molecule has 10 N–H and O–H groups in total. The summed E-state index contributed by atoms with van der Waals surface area (Å²) in [4.78, 5) is 126. The fraction of sp³-hybridized carbons (Fsp3) is 0.597. The number of nitrogens with zero attached hydrogens (tertiary/aromatic N) is 3. The van der Waals surface area contributed by atoms with Crippen LogP contribution in [0, 0.1) is 29.6 Å². The lowest BCUT2D eigenvalue weighted by molar-refractivity contribution is -0.149. The summed E-state index contributed by atoms with van der Waals surface area (Å²) in [5, 5.41) is 16.8. The first-order valence-corrected chi connectivity index (χ1v) is 31.7. The van der Waals surface area contributed by atoms with E-state index in [1.807, 2.05) is 104 Å². The number of urea groups is 1. The minimum Gasteiger partial charge on any atom is -0.467 e. The number of carbonyl (C=O) groups is 9. The largest absolute Gasteiger partial charge is 0.467 e. The molecule has 11 atom stereocenters. The third-order valence-electron chi connectivity index (χ3n) is 17.0. The van der Waals surface area contributed by atoms with Crippen LogP contribution in [0.25, 0.3) is 0 Å². The number of unbranched alkanes of at least 4 members (excludes halogenated alkanes) is 1. The highest BCUT2D eigenvalue weighted by Gasteiger charge is 2.44.